The second kappa shape index (κ2) is 6.64. The van der Waals surface area contributed by atoms with E-state index in [4.69, 9.17) is 0 Å². The van der Waals surface area contributed by atoms with Crippen molar-refractivity contribution < 1.29 is 18.3 Å². The molecule has 2 rings (SSSR count). The molecule has 0 unspecified atom stereocenters. The number of carbonyl (C=O) groups is 1. The van der Waals surface area contributed by atoms with Crippen molar-refractivity contribution in [2.75, 3.05) is 5.32 Å². The molecule has 1 saturated carbocycles. The number of tetrazole rings is 1. The number of amides is 1. The zero-order valence-corrected chi connectivity index (χ0v) is 16.2. The highest BCUT2D eigenvalue weighted by Gasteiger charge is 2.47. The summed E-state index contributed by atoms with van der Waals surface area (Å²) in [6, 6.07) is 0. The van der Waals surface area contributed by atoms with E-state index in [-0.39, 0.29) is 5.95 Å². The second-order valence-electron chi connectivity index (χ2n) is 8.01. The summed E-state index contributed by atoms with van der Waals surface area (Å²) in [6.45, 7) is 8.41. The Bertz CT molecular complexity index is 727. The minimum absolute atomic E-state index is 0.0257. The van der Waals surface area contributed by atoms with Gasteiger partial charge in [0.25, 0.3) is 5.95 Å². The number of nitrogens with zero attached hydrogens (tertiary/aromatic N) is 4. The van der Waals surface area contributed by atoms with Gasteiger partial charge in [0.2, 0.25) is 5.91 Å². The average molecular weight is 373 g/mol. The third-order valence-electron chi connectivity index (χ3n) is 4.58. The molecule has 25 heavy (non-hydrogen) atoms. The summed E-state index contributed by atoms with van der Waals surface area (Å²) in [5, 5.41) is 23.1. The van der Waals surface area contributed by atoms with Crippen molar-refractivity contribution in [3.05, 3.63) is 0 Å². The number of sulfone groups is 1. The number of aliphatic hydroxyl groups excluding tert-OH is 1. The number of aliphatic hydroxyl groups is 1. The Kier molecular flexibility index (Phi) is 5.25. The molecule has 1 aliphatic rings. The molecule has 1 aliphatic carbocycles. The molecular weight excluding hydrogens is 346 g/mol. The van der Waals surface area contributed by atoms with Crippen LogP contribution in [0.2, 0.25) is 0 Å². The van der Waals surface area contributed by atoms with Gasteiger partial charge >= 0.3 is 0 Å². The predicted octanol–water partition coefficient (Wildman–Crippen LogP) is 0.863. The van der Waals surface area contributed by atoms with Gasteiger partial charge in [0.15, 0.2) is 9.84 Å². The van der Waals surface area contributed by atoms with Crippen LogP contribution in [-0.2, 0) is 20.2 Å². The van der Waals surface area contributed by atoms with Crippen LogP contribution in [-0.4, -0.2) is 55.7 Å². The summed E-state index contributed by atoms with van der Waals surface area (Å²) >= 11 is 0. The van der Waals surface area contributed by atoms with E-state index >= 15 is 0 Å². The molecule has 0 bridgehead atoms. The first-order valence-electron chi connectivity index (χ1n) is 8.39. The smallest absolute Gasteiger partial charge is 0.270 e. The van der Waals surface area contributed by atoms with Crippen LogP contribution in [0.15, 0.2) is 0 Å². The Morgan fingerprint density at radius 1 is 1.16 bits per heavy atom. The van der Waals surface area contributed by atoms with Gasteiger partial charge in [-0.2, -0.15) is 4.80 Å². The Morgan fingerprint density at radius 3 is 2.20 bits per heavy atom. The number of rotatable bonds is 4. The van der Waals surface area contributed by atoms with Gasteiger partial charge in [-0.25, -0.2) is 8.42 Å². The van der Waals surface area contributed by atoms with E-state index in [1.54, 1.807) is 0 Å². The fourth-order valence-corrected chi connectivity index (χ4v) is 4.74. The number of aromatic nitrogens is 4. The molecule has 1 amide bonds. The highest BCUT2D eigenvalue weighted by molar-refractivity contribution is 7.94. The molecule has 0 saturated heterocycles. The summed E-state index contributed by atoms with van der Waals surface area (Å²) in [4.78, 5) is 13.9. The number of nitrogens with one attached hydrogen (secondary N) is 1. The van der Waals surface area contributed by atoms with Crippen LogP contribution in [0, 0.1) is 0 Å². The standard InChI is InChI=1S/C15H27N5O4S/c1-14(2,3)20-18-13(17-19-20)16-12(22)15(4,5)25(23,24)11-8-6-10(21)7-9-11/h10-11,21H,6-9H2,1-5H3,(H,16,18,22)/t10-,11+. The van der Waals surface area contributed by atoms with E-state index in [1.807, 2.05) is 20.8 Å². The molecule has 0 radical (unpaired) electrons. The maximum absolute atomic E-state index is 12.9. The van der Waals surface area contributed by atoms with Crippen LogP contribution in [0.1, 0.15) is 60.3 Å². The third kappa shape index (κ3) is 4.00. The Hall–Kier alpha value is -1.55. The van der Waals surface area contributed by atoms with Crippen molar-refractivity contribution in [1.29, 1.82) is 0 Å². The number of hydrogen-bond acceptors (Lipinski definition) is 7. The topological polar surface area (TPSA) is 127 Å². The summed E-state index contributed by atoms with van der Waals surface area (Å²) in [7, 11) is -3.73. The van der Waals surface area contributed by atoms with Gasteiger partial charge in [-0.1, -0.05) is 5.10 Å². The lowest BCUT2D eigenvalue weighted by Crippen LogP contribution is -2.50. The van der Waals surface area contributed by atoms with E-state index in [1.165, 1.54) is 18.6 Å². The lowest BCUT2D eigenvalue weighted by atomic mass is 9.97. The van der Waals surface area contributed by atoms with E-state index in [9.17, 15) is 18.3 Å². The fraction of sp³-hybridized carbons (Fsp3) is 0.867. The monoisotopic (exact) mass is 373 g/mol. The SMILES string of the molecule is CC(C)(C)n1nnc(NC(=O)C(C)(C)S(=O)(=O)[C@H]2CC[C@@H](O)CC2)n1. The van der Waals surface area contributed by atoms with Crippen molar-refractivity contribution in [3.63, 3.8) is 0 Å². The molecule has 1 aromatic rings. The van der Waals surface area contributed by atoms with Crippen LogP contribution in [0.5, 0.6) is 0 Å². The molecular formula is C15H27N5O4S. The third-order valence-corrected chi connectivity index (χ3v) is 7.54. The average Bonchev–Trinajstić information content (AvgIpc) is 2.96. The molecule has 0 aliphatic heterocycles. The van der Waals surface area contributed by atoms with Gasteiger partial charge in [-0.3, -0.25) is 10.1 Å². The Morgan fingerprint density at radius 2 is 1.72 bits per heavy atom. The van der Waals surface area contributed by atoms with Gasteiger partial charge in [-0.15, -0.1) is 5.10 Å². The van der Waals surface area contributed by atoms with Gasteiger partial charge in [0.1, 0.15) is 4.75 Å². The number of anilines is 1. The lowest BCUT2D eigenvalue weighted by molar-refractivity contribution is -0.117. The Balaban J connectivity index is 2.15. The first-order chi connectivity index (χ1) is 11.4. The van der Waals surface area contributed by atoms with Gasteiger partial charge in [-0.05, 0) is 65.5 Å². The van der Waals surface area contributed by atoms with Crippen molar-refractivity contribution >= 4 is 21.7 Å². The molecule has 10 heteroatoms. The fourth-order valence-electron chi connectivity index (χ4n) is 2.70. The van der Waals surface area contributed by atoms with E-state index in [0.717, 1.165) is 0 Å². The molecule has 0 atom stereocenters. The summed E-state index contributed by atoms with van der Waals surface area (Å²) in [5.41, 5.74) is -0.402. The zero-order valence-electron chi connectivity index (χ0n) is 15.4. The quantitative estimate of drug-likeness (QED) is 0.801. The van der Waals surface area contributed by atoms with Crippen LogP contribution in [0.3, 0.4) is 0 Å². The van der Waals surface area contributed by atoms with Crippen LogP contribution in [0.4, 0.5) is 5.95 Å². The molecule has 9 nitrogen and oxygen atoms in total. The van der Waals surface area contributed by atoms with Crippen molar-refractivity contribution in [2.24, 2.45) is 0 Å². The molecule has 0 spiro atoms. The molecule has 1 fully saturated rings. The highest BCUT2D eigenvalue weighted by Crippen LogP contribution is 2.32. The maximum Gasteiger partial charge on any atom is 0.270 e. The van der Waals surface area contributed by atoms with Crippen molar-refractivity contribution in [3.8, 4) is 0 Å². The molecule has 2 N–H and O–H groups in total. The van der Waals surface area contributed by atoms with Crippen molar-refractivity contribution in [2.45, 2.75) is 81.9 Å². The van der Waals surface area contributed by atoms with E-state index in [0.29, 0.717) is 25.7 Å². The molecule has 0 aromatic carbocycles. The lowest BCUT2D eigenvalue weighted by Gasteiger charge is -2.32. The zero-order chi connectivity index (χ0) is 19.0. The first kappa shape index (κ1) is 19.8. The summed E-state index contributed by atoms with van der Waals surface area (Å²) in [6.07, 6.45) is 1.13. The predicted molar refractivity (Wildman–Crippen MR) is 92.7 cm³/mol. The highest BCUT2D eigenvalue weighted by atomic mass is 32.2. The number of carbonyl (C=O) groups excluding carboxylic acids is 1. The molecule has 1 heterocycles. The van der Waals surface area contributed by atoms with Gasteiger partial charge in [0, 0.05) is 0 Å². The van der Waals surface area contributed by atoms with Gasteiger partial charge in [0.05, 0.1) is 16.9 Å². The Labute approximate surface area is 148 Å². The van der Waals surface area contributed by atoms with Gasteiger partial charge < -0.3 is 5.11 Å². The van der Waals surface area contributed by atoms with E-state index < -0.39 is 37.4 Å². The largest absolute Gasteiger partial charge is 0.393 e. The minimum Gasteiger partial charge on any atom is -0.393 e. The summed E-state index contributed by atoms with van der Waals surface area (Å²) in [5.74, 6) is -0.714. The molecule has 1 aromatic heterocycles. The summed E-state index contributed by atoms with van der Waals surface area (Å²) < 4.78 is 24.2. The molecule has 142 valence electrons. The first-order valence-corrected chi connectivity index (χ1v) is 9.94. The van der Waals surface area contributed by atoms with Crippen LogP contribution in [0.25, 0.3) is 0 Å². The van der Waals surface area contributed by atoms with Crippen LogP contribution < -0.4 is 5.32 Å². The minimum atomic E-state index is -3.73. The van der Waals surface area contributed by atoms with Crippen LogP contribution >= 0.6 is 0 Å². The second-order valence-corrected chi connectivity index (χ2v) is 10.8. The maximum atomic E-state index is 12.9. The van der Waals surface area contributed by atoms with E-state index in [2.05, 4.69) is 20.7 Å². The van der Waals surface area contributed by atoms with Crippen molar-refractivity contribution in [1.82, 2.24) is 20.2 Å². The number of hydrogen-bond donors (Lipinski definition) is 2. The normalized spacial score (nSPS) is 22.6.